The van der Waals surface area contributed by atoms with Crippen LogP contribution in [0.15, 0.2) is 29.3 Å². The van der Waals surface area contributed by atoms with Crippen molar-refractivity contribution in [3.8, 4) is 0 Å². The first-order chi connectivity index (χ1) is 9.23. The van der Waals surface area contributed by atoms with Crippen molar-refractivity contribution < 1.29 is 0 Å². The van der Waals surface area contributed by atoms with E-state index in [-0.39, 0.29) is 0 Å². The van der Waals surface area contributed by atoms with E-state index < -0.39 is 0 Å². The Morgan fingerprint density at radius 2 is 2.05 bits per heavy atom. The van der Waals surface area contributed by atoms with E-state index in [9.17, 15) is 0 Å². The molecule has 102 valence electrons. The van der Waals surface area contributed by atoms with Crippen molar-refractivity contribution in [3.05, 3.63) is 35.4 Å². The van der Waals surface area contributed by atoms with Gasteiger partial charge in [0.15, 0.2) is 5.96 Å². The molecule has 3 heteroatoms. The third-order valence-electron chi connectivity index (χ3n) is 4.31. The molecule has 2 saturated carbocycles. The Bertz CT molecular complexity index is 485. The molecule has 2 N–H and O–H groups in total. The van der Waals surface area contributed by atoms with Gasteiger partial charge in [-0.2, -0.15) is 0 Å². The van der Waals surface area contributed by atoms with Crippen LogP contribution < -0.4 is 10.6 Å². The zero-order chi connectivity index (χ0) is 13.3. The second-order valence-corrected chi connectivity index (χ2v) is 5.94. The minimum absolute atomic E-state index is 0.340. The number of guanidine groups is 1. The molecule has 0 amide bonds. The van der Waals surface area contributed by atoms with Crippen molar-refractivity contribution in [2.45, 2.75) is 44.1 Å². The van der Waals surface area contributed by atoms with Gasteiger partial charge in [-0.05, 0) is 43.7 Å². The minimum atomic E-state index is 0.340. The molecule has 1 aromatic rings. The summed E-state index contributed by atoms with van der Waals surface area (Å²) in [5, 5.41) is 6.95. The SMILES string of the molecule is CN=C(NCC1(c2ccccc2C)CC1)NC1CC1. The maximum absolute atomic E-state index is 4.31. The number of aliphatic imine (C=N–C) groups is 1. The monoisotopic (exact) mass is 257 g/mol. The van der Waals surface area contributed by atoms with Crippen LogP contribution in [0.4, 0.5) is 0 Å². The van der Waals surface area contributed by atoms with Gasteiger partial charge >= 0.3 is 0 Å². The van der Waals surface area contributed by atoms with Crippen LogP contribution >= 0.6 is 0 Å². The fourth-order valence-electron chi connectivity index (χ4n) is 2.73. The van der Waals surface area contributed by atoms with Gasteiger partial charge in [-0.3, -0.25) is 4.99 Å². The molecule has 3 nitrogen and oxygen atoms in total. The number of nitrogens with one attached hydrogen (secondary N) is 2. The highest BCUT2D eigenvalue weighted by molar-refractivity contribution is 5.80. The topological polar surface area (TPSA) is 36.4 Å². The number of hydrogen-bond acceptors (Lipinski definition) is 1. The zero-order valence-corrected chi connectivity index (χ0v) is 11.9. The molecule has 0 radical (unpaired) electrons. The van der Waals surface area contributed by atoms with Crippen LogP contribution in [0.2, 0.25) is 0 Å². The maximum atomic E-state index is 4.31. The molecule has 0 aromatic heterocycles. The highest BCUT2D eigenvalue weighted by atomic mass is 15.2. The van der Waals surface area contributed by atoms with E-state index in [0.29, 0.717) is 11.5 Å². The third-order valence-corrected chi connectivity index (χ3v) is 4.31. The van der Waals surface area contributed by atoms with Crippen LogP contribution in [0, 0.1) is 6.92 Å². The van der Waals surface area contributed by atoms with Crippen molar-refractivity contribution in [1.82, 2.24) is 10.6 Å². The minimum Gasteiger partial charge on any atom is -0.356 e. The average molecular weight is 257 g/mol. The third kappa shape index (κ3) is 2.75. The summed E-state index contributed by atoms with van der Waals surface area (Å²) in [7, 11) is 1.85. The molecule has 2 aliphatic carbocycles. The van der Waals surface area contributed by atoms with Gasteiger partial charge in [0.25, 0.3) is 0 Å². The number of hydrogen-bond donors (Lipinski definition) is 2. The molecule has 0 unspecified atom stereocenters. The first-order valence-electron chi connectivity index (χ1n) is 7.27. The molecule has 0 aliphatic heterocycles. The highest BCUT2D eigenvalue weighted by Crippen LogP contribution is 2.48. The summed E-state index contributed by atoms with van der Waals surface area (Å²) in [5.74, 6) is 0.961. The highest BCUT2D eigenvalue weighted by Gasteiger charge is 2.45. The van der Waals surface area contributed by atoms with Crippen molar-refractivity contribution in [1.29, 1.82) is 0 Å². The lowest BCUT2D eigenvalue weighted by molar-refractivity contribution is 0.641. The summed E-state index contributed by atoms with van der Waals surface area (Å²) in [5.41, 5.74) is 3.25. The second kappa shape index (κ2) is 4.87. The smallest absolute Gasteiger partial charge is 0.191 e. The molecular weight excluding hydrogens is 234 g/mol. The molecular formula is C16H23N3. The summed E-state index contributed by atoms with van der Waals surface area (Å²) in [4.78, 5) is 4.31. The molecule has 0 spiro atoms. The summed E-state index contributed by atoms with van der Waals surface area (Å²) in [6, 6.07) is 9.42. The molecule has 2 fully saturated rings. The Hall–Kier alpha value is -1.51. The first kappa shape index (κ1) is 12.5. The Morgan fingerprint density at radius 3 is 2.63 bits per heavy atom. The largest absolute Gasteiger partial charge is 0.356 e. The predicted molar refractivity (Wildman–Crippen MR) is 79.6 cm³/mol. The molecule has 2 aliphatic rings. The normalized spacial score (nSPS) is 21.1. The van der Waals surface area contributed by atoms with Gasteiger partial charge in [0.05, 0.1) is 0 Å². The average Bonchev–Trinajstić information content (AvgIpc) is 3.31. The van der Waals surface area contributed by atoms with Gasteiger partial charge in [0.2, 0.25) is 0 Å². The fourth-order valence-corrected chi connectivity index (χ4v) is 2.73. The number of benzene rings is 1. The summed E-state index contributed by atoms with van der Waals surface area (Å²) in [6.45, 7) is 3.21. The van der Waals surface area contributed by atoms with Crippen LogP contribution in [-0.4, -0.2) is 25.6 Å². The van der Waals surface area contributed by atoms with Crippen molar-refractivity contribution in [2.24, 2.45) is 4.99 Å². The van der Waals surface area contributed by atoms with Gasteiger partial charge < -0.3 is 10.6 Å². The van der Waals surface area contributed by atoms with E-state index in [1.807, 2.05) is 7.05 Å². The van der Waals surface area contributed by atoms with Gasteiger partial charge in [0.1, 0.15) is 0 Å². The lowest BCUT2D eigenvalue weighted by Gasteiger charge is -2.20. The maximum Gasteiger partial charge on any atom is 0.191 e. The van der Waals surface area contributed by atoms with Crippen molar-refractivity contribution >= 4 is 5.96 Å². The molecule has 19 heavy (non-hydrogen) atoms. The van der Waals surface area contributed by atoms with E-state index >= 15 is 0 Å². The molecule has 0 atom stereocenters. The first-order valence-corrected chi connectivity index (χ1v) is 7.27. The van der Waals surface area contributed by atoms with Crippen LogP contribution in [-0.2, 0) is 5.41 Å². The van der Waals surface area contributed by atoms with Gasteiger partial charge in [-0.25, -0.2) is 0 Å². The van der Waals surface area contributed by atoms with E-state index in [4.69, 9.17) is 0 Å². The standard InChI is InChI=1S/C16H23N3/c1-12-5-3-4-6-14(12)16(9-10-16)11-18-15(17-2)19-13-7-8-13/h3-6,13H,7-11H2,1-2H3,(H2,17,18,19). The van der Waals surface area contributed by atoms with Crippen molar-refractivity contribution in [3.63, 3.8) is 0 Å². The van der Waals surface area contributed by atoms with E-state index in [1.165, 1.54) is 36.8 Å². The zero-order valence-electron chi connectivity index (χ0n) is 11.9. The number of rotatable bonds is 4. The summed E-state index contributed by atoms with van der Waals surface area (Å²) in [6.07, 6.45) is 5.13. The van der Waals surface area contributed by atoms with Crippen LogP contribution in [0.1, 0.15) is 36.8 Å². The van der Waals surface area contributed by atoms with Gasteiger partial charge in [0, 0.05) is 25.0 Å². The lowest BCUT2D eigenvalue weighted by atomic mass is 9.92. The Kier molecular flexibility index (Phi) is 3.21. The van der Waals surface area contributed by atoms with E-state index in [0.717, 1.165) is 12.5 Å². The molecule has 0 bridgehead atoms. The van der Waals surface area contributed by atoms with Crippen LogP contribution in [0.25, 0.3) is 0 Å². The van der Waals surface area contributed by atoms with Crippen LogP contribution in [0.5, 0.6) is 0 Å². The van der Waals surface area contributed by atoms with E-state index in [2.05, 4.69) is 46.8 Å². The van der Waals surface area contributed by atoms with E-state index in [1.54, 1.807) is 0 Å². The Morgan fingerprint density at radius 1 is 1.32 bits per heavy atom. The number of nitrogens with zero attached hydrogens (tertiary/aromatic N) is 1. The van der Waals surface area contributed by atoms with Crippen LogP contribution in [0.3, 0.4) is 0 Å². The molecule has 1 aromatic carbocycles. The fraction of sp³-hybridized carbons (Fsp3) is 0.562. The van der Waals surface area contributed by atoms with Crippen molar-refractivity contribution in [2.75, 3.05) is 13.6 Å². The number of aryl methyl sites for hydroxylation is 1. The Labute approximate surface area is 115 Å². The summed E-state index contributed by atoms with van der Waals surface area (Å²) < 4.78 is 0. The Balaban J connectivity index is 1.64. The molecule has 3 rings (SSSR count). The van der Waals surface area contributed by atoms with Gasteiger partial charge in [-0.1, -0.05) is 24.3 Å². The lowest BCUT2D eigenvalue weighted by Crippen LogP contribution is -2.42. The summed E-state index contributed by atoms with van der Waals surface area (Å²) >= 11 is 0. The second-order valence-electron chi connectivity index (χ2n) is 5.94. The predicted octanol–water partition coefficient (Wildman–Crippen LogP) is 2.35. The van der Waals surface area contributed by atoms with Gasteiger partial charge in [-0.15, -0.1) is 0 Å². The molecule has 0 saturated heterocycles. The quantitative estimate of drug-likeness (QED) is 0.641. The molecule has 0 heterocycles.